The molecule has 0 aromatic heterocycles. The van der Waals surface area contributed by atoms with Crippen LogP contribution in [0, 0.1) is 5.92 Å². The minimum atomic E-state index is 0.176. The van der Waals surface area contributed by atoms with E-state index in [2.05, 4.69) is 21.2 Å². The quantitative estimate of drug-likeness (QED) is 0.744. The third-order valence-corrected chi connectivity index (χ3v) is 3.07. The van der Waals surface area contributed by atoms with Crippen molar-refractivity contribution in [3.63, 3.8) is 0 Å². The maximum absolute atomic E-state index is 11.1. The summed E-state index contributed by atoms with van der Waals surface area (Å²) < 4.78 is 0. The minimum Gasteiger partial charge on any atom is -0.356 e. The van der Waals surface area contributed by atoms with Gasteiger partial charge in [0.05, 0.1) is 0 Å². The summed E-state index contributed by atoms with van der Waals surface area (Å²) in [5.41, 5.74) is 0. The molecule has 1 rings (SSSR count). The van der Waals surface area contributed by atoms with E-state index in [1.165, 1.54) is 32.1 Å². The topological polar surface area (TPSA) is 29.1 Å². The minimum absolute atomic E-state index is 0.176. The van der Waals surface area contributed by atoms with Crippen molar-refractivity contribution in [1.29, 1.82) is 0 Å². The Morgan fingerprint density at radius 1 is 1.38 bits per heavy atom. The van der Waals surface area contributed by atoms with Crippen LogP contribution >= 0.6 is 15.9 Å². The molecular formula is C10H18BrNO. The van der Waals surface area contributed by atoms with Crippen molar-refractivity contribution in [1.82, 2.24) is 5.32 Å². The van der Waals surface area contributed by atoms with Crippen LogP contribution in [0.15, 0.2) is 0 Å². The highest BCUT2D eigenvalue weighted by Gasteiger charge is 2.14. The smallest absolute Gasteiger partial charge is 0.220 e. The van der Waals surface area contributed by atoms with E-state index in [4.69, 9.17) is 0 Å². The van der Waals surface area contributed by atoms with Gasteiger partial charge in [0.2, 0.25) is 5.91 Å². The van der Waals surface area contributed by atoms with Crippen LogP contribution in [0.3, 0.4) is 0 Å². The number of carbonyl (C=O) groups is 1. The van der Waals surface area contributed by atoms with Crippen LogP contribution in [0.1, 0.15) is 38.5 Å². The van der Waals surface area contributed by atoms with Gasteiger partial charge >= 0.3 is 0 Å². The fourth-order valence-corrected chi connectivity index (χ4v) is 2.25. The summed E-state index contributed by atoms with van der Waals surface area (Å²) in [4.78, 5) is 11.1. The van der Waals surface area contributed by atoms with Crippen molar-refractivity contribution in [2.75, 3.05) is 11.9 Å². The summed E-state index contributed by atoms with van der Waals surface area (Å²) in [7, 11) is 0. The molecule has 0 bridgehead atoms. The number of carbonyl (C=O) groups excluding carboxylic acids is 1. The van der Waals surface area contributed by atoms with E-state index in [-0.39, 0.29) is 5.91 Å². The Balaban J connectivity index is 1.96. The van der Waals surface area contributed by atoms with Crippen LogP contribution in [0.25, 0.3) is 0 Å². The Hall–Kier alpha value is -0.0500. The lowest BCUT2D eigenvalue weighted by Crippen LogP contribution is -2.25. The molecule has 76 valence electrons. The summed E-state index contributed by atoms with van der Waals surface area (Å²) in [5.74, 6) is 1.05. The first-order valence-electron chi connectivity index (χ1n) is 5.15. The monoisotopic (exact) mass is 247 g/mol. The normalized spacial score (nSPS) is 17.6. The number of hydrogen-bond donors (Lipinski definition) is 1. The summed E-state index contributed by atoms with van der Waals surface area (Å²) in [6.07, 6.45) is 7.29. The molecule has 0 aromatic rings. The molecule has 2 nitrogen and oxygen atoms in total. The van der Waals surface area contributed by atoms with Gasteiger partial charge in [0.15, 0.2) is 0 Å². The molecule has 0 heterocycles. The van der Waals surface area contributed by atoms with E-state index >= 15 is 0 Å². The Morgan fingerprint density at radius 2 is 2.08 bits per heavy atom. The fraction of sp³-hybridized carbons (Fsp3) is 0.900. The highest BCUT2D eigenvalue weighted by Crippen LogP contribution is 2.26. The zero-order valence-corrected chi connectivity index (χ0v) is 9.61. The molecule has 1 aliphatic rings. The number of halogens is 1. The molecule has 1 fully saturated rings. The molecule has 0 aliphatic heterocycles. The fourth-order valence-electron chi connectivity index (χ4n) is 1.89. The molecule has 0 spiro atoms. The van der Waals surface area contributed by atoms with Gasteiger partial charge in [-0.3, -0.25) is 4.79 Å². The van der Waals surface area contributed by atoms with Crippen LogP contribution < -0.4 is 5.32 Å². The Morgan fingerprint density at radius 3 is 2.69 bits per heavy atom. The van der Waals surface area contributed by atoms with Gasteiger partial charge in [-0.1, -0.05) is 41.6 Å². The summed E-state index contributed by atoms with van der Waals surface area (Å²) in [6, 6.07) is 0. The summed E-state index contributed by atoms with van der Waals surface area (Å²) in [6.45, 7) is 0.872. The average molecular weight is 248 g/mol. The van der Waals surface area contributed by atoms with E-state index < -0.39 is 0 Å². The number of hydrogen-bond acceptors (Lipinski definition) is 1. The highest BCUT2D eigenvalue weighted by molar-refractivity contribution is 9.09. The van der Waals surface area contributed by atoms with Crippen molar-refractivity contribution in [3.8, 4) is 0 Å². The SMILES string of the molecule is O=C(CCBr)NCCC1CCCC1. The second kappa shape index (κ2) is 6.41. The maximum Gasteiger partial charge on any atom is 0.220 e. The van der Waals surface area contributed by atoms with Crippen molar-refractivity contribution >= 4 is 21.8 Å². The Bertz CT molecular complexity index is 155. The van der Waals surface area contributed by atoms with E-state index in [0.717, 1.165) is 17.8 Å². The number of alkyl halides is 1. The maximum atomic E-state index is 11.1. The van der Waals surface area contributed by atoms with Gasteiger partial charge in [0.25, 0.3) is 0 Å². The van der Waals surface area contributed by atoms with Gasteiger partial charge in [-0.25, -0.2) is 0 Å². The van der Waals surface area contributed by atoms with Gasteiger partial charge in [-0.05, 0) is 12.3 Å². The van der Waals surface area contributed by atoms with Gasteiger partial charge in [-0.2, -0.15) is 0 Å². The molecule has 13 heavy (non-hydrogen) atoms. The van der Waals surface area contributed by atoms with Crippen LogP contribution in [0.4, 0.5) is 0 Å². The lowest BCUT2D eigenvalue weighted by atomic mass is 10.0. The molecule has 1 aliphatic carbocycles. The first-order chi connectivity index (χ1) is 6.33. The molecule has 0 aromatic carbocycles. The largest absolute Gasteiger partial charge is 0.356 e. The Labute approximate surface area is 88.6 Å². The third-order valence-electron chi connectivity index (χ3n) is 2.67. The molecule has 1 amide bonds. The molecule has 0 atom stereocenters. The van der Waals surface area contributed by atoms with Crippen LogP contribution in [0.5, 0.6) is 0 Å². The van der Waals surface area contributed by atoms with Crippen molar-refractivity contribution in [2.24, 2.45) is 5.92 Å². The second-order valence-electron chi connectivity index (χ2n) is 3.73. The number of rotatable bonds is 5. The van der Waals surface area contributed by atoms with Crippen molar-refractivity contribution < 1.29 is 4.79 Å². The first kappa shape index (κ1) is 11.0. The van der Waals surface area contributed by atoms with Crippen molar-refractivity contribution in [3.05, 3.63) is 0 Å². The first-order valence-corrected chi connectivity index (χ1v) is 6.27. The molecule has 1 saturated carbocycles. The molecule has 0 saturated heterocycles. The molecule has 1 N–H and O–H groups in total. The third kappa shape index (κ3) is 4.65. The summed E-state index contributed by atoms with van der Waals surface area (Å²) >= 11 is 3.25. The molecule has 0 unspecified atom stereocenters. The van der Waals surface area contributed by atoms with E-state index in [0.29, 0.717) is 6.42 Å². The molecular weight excluding hydrogens is 230 g/mol. The molecule has 0 radical (unpaired) electrons. The number of amides is 1. The zero-order chi connectivity index (χ0) is 9.52. The summed E-state index contributed by atoms with van der Waals surface area (Å²) in [5, 5.41) is 3.71. The Kier molecular flexibility index (Phi) is 5.44. The van der Waals surface area contributed by atoms with Gasteiger partial charge in [-0.15, -0.1) is 0 Å². The second-order valence-corrected chi connectivity index (χ2v) is 4.52. The van der Waals surface area contributed by atoms with Gasteiger partial charge in [0, 0.05) is 18.3 Å². The standard InChI is InChI=1S/C10H18BrNO/c11-7-5-10(13)12-8-6-9-3-1-2-4-9/h9H,1-8H2,(H,12,13). The predicted octanol–water partition coefficient (Wildman–Crippen LogP) is 2.47. The van der Waals surface area contributed by atoms with Crippen LogP contribution in [0.2, 0.25) is 0 Å². The lowest BCUT2D eigenvalue weighted by Gasteiger charge is -2.09. The van der Waals surface area contributed by atoms with Crippen LogP contribution in [-0.2, 0) is 4.79 Å². The zero-order valence-electron chi connectivity index (χ0n) is 8.02. The lowest BCUT2D eigenvalue weighted by molar-refractivity contribution is -0.120. The number of nitrogens with one attached hydrogen (secondary N) is 1. The van der Waals surface area contributed by atoms with E-state index in [1.807, 2.05) is 0 Å². The van der Waals surface area contributed by atoms with Crippen molar-refractivity contribution in [2.45, 2.75) is 38.5 Å². The highest BCUT2D eigenvalue weighted by atomic mass is 79.9. The van der Waals surface area contributed by atoms with Gasteiger partial charge in [0.1, 0.15) is 0 Å². The molecule has 3 heteroatoms. The van der Waals surface area contributed by atoms with Crippen LogP contribution in [-0.4, -0.2) is 17.8 Å². The van der Waals surface area contributed by atoms with E-state index in [9.17, 15) is 4.79 Å². The van der Waals surface area contributed by atoms with Gasteiger partial charge < -0.3 is 5.32 Å². The predicted molar refractivity (Wildman–Crippen MR) is 58.0 cm³/mol. The van der Waals surface area contributed by atoms with E-state index in [1.54, 1.807) is 0 Å². The average Bonchev–Trinajstić information content (AvgIpc) is 2.57.